The number of alkyl halides is 3. The molecule has 1 aromatic heterocycles. The molecule has 172 valence electrons. The second-order valence-corrected chi connectivity index (χ2v) is 7.95. The third-order valence-electron chi connectivity index (χ3n) is 5.79. The summed E-state index contributed by atoms with van der Waals surface area (Å²) in [6.45, 7) is 2.08. The molecule has 1 fully saturated rings. The molecule has 0 radical (unpaired) electrons. The van der Waals surface area contributed by atoms with Crippen molar-refractivity contribution in [1.82, 2.24) is 15.5 Å². The van der Waals surface area contributed by atoms with E-state index in [0.717, 1.165) is 12.1 Å². The summed E-state index contributed by atoms with van der Waals surface area (Å²) in [5.74, 6) is -1.58. The minimum absolute atomic E-state index is 0.0258. The van der Waals surface area contributed by atoms with Crippen molar-refractivity contribution in [2.45, 2.75) is 19.1 Å². The number of halogens is 5. The first-order valence-corrected chi connectivity index (χ1v) is 10.3. The van der Waals surface area contributed by atoms with Crippen LogP contribution in [-0.2, 0) is 0 Å². The van der Waals surface area contributed by atoms with E-state index in [9.17, 15) is 22.0 Å². The normalized spacial score (nSPS) is 18.2. The van der Waals surface area contributed by atoms with E-state index in [-0.39, 0.29) is 24.5 Å². The van der Waals surface area contributed by atoms with Gasteiger partial charge in [0.05, 0.1) is 11.3 Å². The summed E-state index contributed by atoms with van der Waals surface area (Å²) in [5, 5.41) is 12.6. The van der Waals surface area contributed by atoms with Gasteiger partial charge in [-0.3, -0.25) is 5.10 Å². The Morgan fingerprint density at radius 1 is 1.09 bits per heavy atom. The van der Waals surface area contributed by atoms with Gasteiger partial charge in [0.2, 0.25) is 0 Å². The first-order valence-electron chi connectivity index (χ1n) is 10.3. The number of anilines is 2. The second kappa shape index (κ2) is 7.84. The zero-order valence-electron chi connectivity index (χ0n) is 17.4. The average molecular weight is 462 g/mol. The number of piperazine rings is 1. The van der Waals surface area contributed by atoms with Crippen LogP contribution in [0.1, 0.15) is 11.3 Å². The van der Waals surface area contributed by atoms with Crippen LogP contribution in [0.3, 0.4) is 0 Å². The van der Waals surface area contributed by atoms with Gasteiger partial charge in [0.15, 0.2) is 0 Å². The van der Waals surface area contributed by atoms with Gasteiger partial charge in [-0.05, 0) is 37.3 Å². The molecule has 11 heteroatoms. The van der Waals surface area contributed by atoms with E-state index >= 15 is 0 Å². The molecule has 33 heavy (non-hydrogen) atoms. The fraction of sp³-hybridized carbons (Fsp3) is 0.273. The van der Waals surface area contributed by atoms with Crippen molar-refractivity contribution in [3.05, 3.63) is 59.3 Å². The van der Waals surface area contributed by atoms with Crippen LogP contribution in [0, 0.1) is 18.6 Å². The van der Waals surface area contributed by atoms with Gasteiger partial charge in [-0.2, -0.15) is 18.3 Å². The predicted molar refractivity (Wildman–Crippen MR) is 115 cm³/mol. The fourth-order valence-electron chi connectivity index (χ4n) is 4.10. The number of nitrogens with zero attached hydrogens (tertiary/aromatic N) is 3. The van der Waals surface area contributed by atoms with E-state index in [2.05, 4.69) is 25.8 Å². The van der Waals surface area contributed by atoms with Gasteiger partial charge in [0, 0.05) is 36.6 Å². The van der Waals surface area contributed by atoms with Crippen molar-refractivity contribution in [3.63, 3.8) is 0 Å². The first-order chi connectivity index (χ1) is 15.7. The van der Waals surface area contributed by atoms with Crippen LogP contribution < -0.4 is 15.5 Å². The van der Waals surface area contributed by atoms with Gasteiger partial charge in [0.25, 0.3) is 0 Å². The summed E-state index contributed by atoms with van der Waals surface area (Å²) < 4.78 is 68.7. The number of hydrogen-bond donors (Lipinski definition) is 3. The zero-order valence-corrected chi connectivity index (χ0v) is 17.4. The van der Waals surface area contributed by atoms with E-state index in [1.165, 1.54) is 6.07 Å². The number of nitrogens with one attached hydrogen (secondary N) is 3. The number of aryl methyl sites for hydroxylation is 1. The highest BCUT2D eigenvalue weighted by Crippen LogP contribution is 2.41. The van der Waals surface area contributed by atoms with Crippen molar-refractivity contribution in [3.8, 4) is 11.3 Å². The minimum atomic E-state index is -4.36. The molecule has 6 nitrogen and oxygen atoms in total. The summed E-state index contributed by atoms with van der Waals surface area (Å²) in [6, 6.07) is 6.96. The van der Waals surface area contributed by atoms with Crippen LogP contribution in [0.15, 0.2) is 41.4 Å². The first kappa shape index (κ1) is 21.4. The Hall–Kier alpha value is -3.47. The van der Waals surface area contributed by atoms with Crippen molar-refractivity contribution in [2.24, 2.45) is 4.99 Å². The maximum atomic E-state index is 14.5. The number of H-pyrrole nitrogens is 1. The van der Waals surface area contributed by atoms with Crippen molar-refractivity contribution >= 4 is 22.9 Å². The highest BCUT2D eigenvalue weighted by molar-refractivity contribution is 6.13. The summed E-state index contributed by atoms with van der Waals surface area (Å²) in [5.41, 5.74) is 2.72. The number of fused-ring (bicyclic) bond motifs is 3. The summed E-state index contributed by atoms with van der Waals surface area (Å²) >= 11 is 0. The van der Waals surface area contributed by atoms with Gasteiger partial charge >= 0.3 is 6.18 Å². The van der Waals surface area contributed by atoms with E-state index < -0.39 is 23.9 Å². The number of benzene rings is 2. The van der Waals surface area contributed by atoms with E-state index in [4.69, 9.17) is 0 Å². The molecule has 2 aliphatic heterocycles. The zero-order chi connectivity index (χ0) is 23.3. The minimum Gasteiger partial charge on any atom is -0.368 e. The molecule has 1 unspecified atom stereocenters. The number of aromatic amines is 1. The Bertz CT molecular complexity index is 1230. The molecule has 3 N–H and O–H groups in total. The second-order valence-electron chi connectivity index (χ2n) is 7.95. The Balaban J connectivity index is 1.58. The molecule has 2 aromatic carbocycles. The molecule has 1 saturated heterocycles. The topological polar surface area (TPSA) is 68.3 Å². The highest BCUT2D eigenvalue weighted by atomic mass is 19.4. The third kappa shape index (κ3) is 3.82. The molecule has 2 aliphatic rings. The predicted octanol–water partition coefficient (Wildman–Crippen LogP) is 4.51. The van der Waals surface area contributed by atoms with Crippen molar-refractivity contribution in [1.29, 1.82) is 0 Å². The average Bonchev–Trinajstić information content (AvgIpc) is 3.04. The molecule has 0 saturated carbocycles. The lowest BCUT2D eigenvalue weighted by atomic mass is 10.1. The number of hydrogen-bond acceptors (Lipinski definition) is 5. The largest absolute Gasteiger partial charge is 0.405 e. The van der Waals surface area contributed by atoms with Crippen molar-refractivity contribution in [2.75, 3.05) is 29.9 Å². The highest BCUT2D eigenvalue weighted by Gasteiger charge is 2.42. The lowest BCUT2D eigenvalue weighted by molar-refractivity contribution is -0.155. The maximum Gasteiger partial charge on any atom is 0.405 e. The number of amidine groups is 1. The number of aromatic nitrogens is 2. The fourth-order valence-corrected chi connectivity index (χ4v) is 4.10. The number of aliphatic imine (C=N–C) groups is 1. The van der Waals surface area contributed by atoms with Crippen LogP contribution in [0.25, 0.3) is 11.3 Å². The van der Waals surface area contributed by atoms with Gasteiger partial charge in [-0.25, -0.2) is 13.8 Å². The summed E-state index contributed by atoms with van der Waals surface area (Å²) in [4.78, 5) is 6.10. The van der Waals surface area contributed by atoms with Gasteiger partial charge in [-0.1, -0.05) is 6.07 Å². The Morgan fingerprint density at radius 2 is 1.85 bits per heavy atom. The van der Waals surface area contributed by atoms with E-state index in [0.29, 0.717) is 40.6 Å². The summed E-state index contributed by atoms with van der Waals surface area (Å²) in [7, 11) is 0. The third-order valence-corrected chi connectivity index (χ3v) is 5.79. The number of rotatable bonds is 2. The van der Waals surface area contributed by atoms with E-state index in [1.54, 1.807) is 30.0 Å². The van der Waals surface area contributed by atoms with Crippen LogP contribution in [0.4, 0.5) is 39.0 Å². The van der Waals surface area contributed by atoms with Gasteiger partial charge in [-0.15, -0.1) is 0 Å². The molecular formula is C22H19F5N6. The standard InChI is InChI=1S/C22H19F5N6/c1-11-19-20(32-31-11)13-9-12(33-8-7-28-17(10-33)22(25,26)27)5-6-16(13)29-21(30-19)18-14(23)3-2-4-15(18)24/h2-6,9,17,28H,7-8,10H2,1H3,(H,29,30)(H,31,32). The Labute approximate surface area is 185 Å². The quantitative estimate of drug-likeness (QED) is 0.491. The molecule has 0 bridgehead atoms. The molecule has 0 spiro atoms. The molecule has 0 amide bonds. The molecule has 0 aliphatic carbocycles. The Morgan fingerprint density at radius 3 is 2.58 bits per heavy atom. The molecule has 3 aromatic rings. The van der Waals surface area contributed by atoms with Crippen LogP contribution in [-0.4, -0.2) is 47.9 Å². The van der Waals surface area contributed by atoms with Crippen molar-refractivity contribution < 1.29 is 22.0 Å². The van der Waals surface area contributed by atoms with E-state index in [1.807, 2.05) is 0 Å². The molecule has 1 atom stereocenters. The SMILES string of the molecule is Cc1[nH]nc2c1N=C(c1c(F)cccc1F)Nc1ccc(N3CCNC(C(F)(F)F)C3)cc1-2. The monoisotopic (exact) mass is 462 g/mol. The lowest BCUT2D eigenvalue weighted by Gasteiger charge is -2.36. The lowest BCUT2D eigenvalue weighted by Crippen LogP contribution is -2.57. The van der Waals surface area contributed by atoms with Crippen LogP contribution >= 0.6 is 0 Å². The van der Waals surface area contributed by atoms with Gasteiger partial charge < -0.3 is 15.5 Å². The Kier molecular flexibility index (Phi) is 5.08. The molecule has 3 heterocycles. The molecule has 5 rings (SSSR count). The maximum absolute atomic E-state index is 14.5. The smallest absolute Gasteiger partial charge is 0.368 e. The van der Waals surface area contributed by atoms with Gasteiger partial charge in [0.1, 0.15) is 34.9 Å². The van der Waals surface area contributed by atoms with Crippen LogP contribution in [0.2, 0.25) is 0 Å². The molecular weight excluding hydrogens is 443 g/mol. The van der Waals surface area contributed by atoms with Crippen LogP contribution in [0.5, 0.6) is 0 Å². The summed E-state index contributed by atoms with van der Waals surface area (Å²) in [6.07, 6.45) is -4.36.